The van der Waals surface area contributed by atoms with Crippen molar-refractivity contribution in [3.05, 3.63) is 84.9 Å². The average molecular weight is 850 g/mol. The molecule has 0 spiro atoms. The molecule has 15 heteroatoms. The third-order valence-corrected chi connectivity index (χ3v) is 10.8. The number of methoxy groups -OCH3 is 3. The molecular weight excluding hydrogens is 799 g/mol. The molecule has 316 valence electrons. The molecule has 0 aliphatic carbocycles. The predicted molar refractivity (Wildman–Crippen MR) is 222 cm³/mol. The van der Waals surface area contributed by atoms with Crippen LogP contribution in [0.3, 0.4) is 0 Å². The van der Waals surface area contributed by atoms with E-state index in [0.29, 0.717) is 60.7 Å². The number of hydroxylamine groups is 2. The van der Waals surface area contributed by atoms with Gasteiger partial charge in [-0.1, -0.05) is 72.8 Å². The maximum absolute atomic E-state index is 12.3. The van der Waals surface area contributed by atoms with Gasteiger partial charge in [-0.3, -0.25) is 9.59 Å². The molecule has 0 bridgehead atoms. The van der Waals surface area contributed by atoms with Gasteiger partial charge in [-0.25, -0.2) is 4.79 Å². The Morgan fingerprint density at radius 2 is 1.08 bits per heavy atom. The van der Waals surface area contributed by atoms with Crippen LogP contribution >= 0.6 is 23.5 Å². The molecule has 59 heavy (non-hydrogen) atoms. The van der Waals surface area contributed by atoms with E-state index in [2.05, 4.69) is 0 Å². The molecule has 5 rings (SSSR count). The second-order valence-corrected chi connectivity index (χ2v) is 15.2. The summed E-state index contributed by atoms with van der Waals surface area (Å²) in [6.07, 6.45) is 3.00. The Hall–Kier alpha value is -4.77. The van der Waals surface area contributed by atoms with Gasteiger partial charge >= 0.3 is 5.97 Å². The van der Waals surface area contributed by atoms with E-state index in [1.54, 1.807) is 44.9 Å². The second kappa shape index (κ2) is 25.0. The number of benzene rings is 4. The first-order valence-corrected chi connectivity index (χ1v) is 21.0. The molecule has 0 aromatic heterocycles. The molecule has 0 N–H and O–H groups in total. The highest BCUT2D eigenvalue weighted by Gasteiger charge is 2.32. The van der Waals surface area contributed by atoms with E-state index in [1.165, 1.54) is 0 Å². The number of hydrogen-bond acceptors (Lipinski definition) is 14. The fourth-order valence-electron chi connectivity index (χ4n) is 5.79. The monoisotopic (exact) mass is 849 g/mol. The van der Waals surface area contributed by atoms with Crippen LogP contribution in [0.2, 0.25) is 0 Å². The fourth-order valence-corrected chi connectivity index (χ4v) is 7.70. The molecule has 4 aromatic rings. The first-order valence-electron chi connectivity index (χ1n) is 19.3. The maximum Gasteiger partial charge on any atom is 0.333 e. The van der Waals surface area contributed by atoms with Crippen LogP contribution in [0.1, 0.15) is 44.9 Å². The SMILES string of the molecule is COCCOCOCOCCOc1cc(Sc2ccccc2)c(OC)cc1-c1cc(OC)c(Sc2ccccc2)cc1OCCCCCCC(=O)ON1C(=O)CCC1=O. The summed E-state index contributed by atoms with van der Waals surface area (Å²) in [5.74, 6) is 0.964. The lowest BCUT2D eigenvalue weighted by Crippen LogP contribution is -2.31. The first kappa shape index (κ1) is 45.3. The maximum atomic E-state index is 12.3. The van der Waals surface area contributed by atoms with Crippen LogP contribution in [0.15, 0.2) is 105 Å². The van der Waals surface area contributed by atoms with Gasteiger partial charge in [0.2, 0.25) is 0 Å². The summed E-state index contributed by atoms with van der Waals surface area (Å²) in [4.78, 5) is 44.6. The molecule has 1 fully saturated rings. The highest BCUT2D eigenvalue weighted by molar-refractivity contribution is 7.99. The zero-order chi connectivity index (χ0) is 41.7. The van der Waals surface area contributed by atoms with Crippen molar-refractivity contribution in [2.75, 3.05) is 67.9 Å². The number of carbonyl (C=O) groups is 3. The minimum Gasteiger partial charge on any atom is -0.496 e. The van der Waals surface area contributed by atoms with Gasteiger partial charge in [-0.15, -0.1) is 5.06 Å². The zero-order valence-electron chi connectivity index (χ0n) is 33.6. The summed E-state index contributed by atoms with van der Waals surface area (Å²) >= 11 is 3.13. The van der Waals surface area contributed by atoms with Crippen LogP contribution < -0.4 is 18.9 Å². The van der Waals surface area contributed by atoms with Gasteiger partial charge in [0.1, 0.15) is 43.2 Å². The normalized spacial score (nSPS) is 12.5. The summed E-state index contributed by atoms with van der Waals surface area (Å²) in [6.45, 7) is 1.94. The lowest BCUT2D eigenvalue weighted by Gasteiger charge is -2.21. The third kappa shape index (κ3) is 14.5. The van der Waals surface area contributed by atoms with Crippen molar-refractivity contribution in [3.63, 3.8) is 0 Å². The second-order valence-electron chi connectivity index (χ2n) is 13.0. The smallest absolute Gasteiger partial charge is 0.333 e. The van der Waals surface area contributed by atoms with Gasteiger partial charge in [0.05, 0.1) is 50.4 Å². The van der Waals surface area contributed by atoms with E-state index < -0.39 is 17.8 Å². The summed E-state index contributed by atoms with van der Waals surface area (Å²) in [5.41, 5.74) is 1.48. The Balaban J connectivity index is 1.34. The van der Waals surface area contributed by atoms with Crippen molar-refractivity contribution in [2.45, 2.75) is 64.5 Å². The largest absolute Gasteiger partial charge is 0.496 e. The Morgan fingerprint density at radius 3 is 1.61 bits per heavy atom. The van der Waals surface area contributed by atoms with E-state index in [4.69, 9.17) is 42.7 Å². The molecule has 1 aliphatic rings. The van der Waals surface area contributed by atoms with Gasteiger partial charge in [-0.2, -0.15) is 0 Å². The Labute approximate surface area is 353 Å². The summed E-state index contributed by atoms with van der Waals surface area (Å²) in [5, 5.41) is 0.585. The molecule has 4 aromatic carbocycles. The topological polar surface area (TPSA) is 138 Å². The fraction of sp³-hybridized carbons (Fsp3) is 0.386. The Morgan fingerprint density at radius 1 is 0.576 bits per heavy atom. The standard InChI is InChI=1S/C44H51NO12S2/c1-49-22-23-52-30-54-31-53-24-25-56-37-29-41(59-33-16-10-7-11-17-33)39(51-3)27-35(37)34-26-38(50-2)40(58-32-14-8-6-9-15-32)28-36(34)55-21-13-5-4-12-18-44(48)57-45-42(46)19-20-43(45)47/h6-11,14-17,26-29H,4-5,12-13,18-25,30-31H2,1-3H3. The van der Waals surface area contributed by atoms with E-state index >= 15 is 0 Å². The highest BCUT2D eigenvalue weighted by Crippen LogP contribution is 2.48. The number of amides is 2. The predicted octanol–water partition coefficient (Wildman–Crippen LogP) is 8.60. The average Bonchev–Trinajstić information content (AvgIpc) is 3.57. The van der Waals surface area contributed by atoms with Crippen molar-refractivity contribution < 1.29 is 57.1 Å². The van der Waals surface area contributed by atoms with Gasteiger partial charge in [0, 0.05) is 47.3 Å². The number of carbonyl (C=O) groups excluding carboxylic acids is 3. The van der Waals surface area contributed by atoms with Crippen molar-refractivity contribution in [1.82, 2.24) is 5.06 Å². The number of imide groups is 1. The number of rotatable bonds is 27. The molecule has 0 saturated carbocycles. The molecule has 0 unspecified atom stereocenters. The minimum absolute atomic E-state index is 0.0430. The highest BCUT2D eigenvalue weighted by atomic mass is 32.2. The van der Waals surface area contributed by atoms with Crippen LogP contribution in [0.25, 0.3) is 11.1 Å². The third-order valence-electron chi connectivity index (χ3n) is 8.75. The van der Waals surface area contributed by atoms with E-state index in [1.807, 2.05) is 84.9 Å². The summed E-state index contributed by atoms with van der Waals surface area (Å²) in [7, 11) is 4.90. The van der Waals surface area contributed by atoms with E-state index in [-0.39, 0.29) is 46.1 Å². The first-order chi connectivity index (χ1) is 28.9. The van der Waals surface area contributed by atoms with Crippen LogP contribution in [0.5, 0.6) is 23.0 Å². The molecular formula is C44H51NO12S2. The molecule has 2 amide bonds. The number of hydrogen-bond donors (Lipinski definition) is 0. The van der Waals surface area contributed by atoms with Crippen LogP contribution in [0, 0.1) is 0 Å². The van der Waals surface area contributed by atoms with Crippen molar-refractivity contribution in [2.24, 2.45) is 0 Å². The minimum atomic E-state index is -0.596. The van der Waals surface area contributed by atoms with Gasteiger partial charge in [0.25, 0.3) is 11.8 Å². The van der Waals surface area contributed by atoms with Gasteiger partial charge < -0.3 is 42.7 Å². The van der Waals surface area contributed by atoms with Crippen molar-refractivity contribution in [1.29, 1.82) is 0 Å². The number of unbranched alkanes of at least 4 members (excludes halogenated alkanes) is 3. The summed E-state index contributed by atoms with van der Waals surface area (Å²) < 4.78 is 46.3. The Kier molecular flexibility index (Phi) is 19.2. The van der Waals surface area contributed by atoms with E-state index in [0.717, 1.165) is 43.6 Å². The molecule has 0 radical (unpaired) electrons. The molecule has 1 heterocycles. The van der Waals surface area contributed by atoms with Crippen LogP contribution in [-0.4, -0.2) is 90.8 Å². The number of nitrogens with zero attached hydrogens (tertiary/aromatic N) is 1. The Bertz CT molecular complexity index is 1920. The zero-order valence-corrected chi connectivity index (χ0v) is 35.3. The molecule has 0 atom stereocenters. The lowest BCUT2D eigenvalue weighted by atomic mass is 10.0. The van der Waals surface area contributed by atoms with Crippen molar-refractivity contribution >= 4 is 41.3 Å². The molecule has 1 saturated heterocycles. The van der Waals surface area contributed by atoms with Gasteiger partial charge in [-0.05, 0) is 61.4 Å². The molecule has 1 aliphatic heterocycles. The quantitative estimate of drug-likeness (QED) is 0.0322. The van der Waals surface area contributed by atoms with Gasteiger partial charge in [0.15, 0.2) is 0 Å². The molecule has 13 nitrogen and oxygen atoms in total. The van der Waals surface area contributed by atoms with Crippen LogP contribution in [0.4, 0.5) is 0 Å². The lowest BCUT2D eigenvalue weighted by molar-refractivity contribution is -0.197. The summed E-state index contributed by atoms with van der Waals surface area (Å²) in [6, 6.07) is 27.9. The number of ether oxygens (including phenoxy) is 8. The van der Waals surface area contributed by atoms with E-state index in [9.17, 15) is 14.4 Å². The van der Waals surface area contributed by atoms with Crippen LogP contribution in [-0.2, 0) is 38.2 Å². The van der Waals surface area contributed by atoms with Crippen molar-refractivity contribution in [3.8, 4) is 34.1 Å².